The lowest BCUT2D eigenvalue weighted by atomic mass is 10.00. The molecule has 21 heavy (non-hydrogen) atoms. The first-order chi connectivity index (χ1) is 9.88. The maximum atomic E-state index is 10.9. The fourth-order valence-electron chi connectivity index (χ4n) is 2.03. The zero-order chi connectivity index (χ0) is 15.6. The van der Waals surface area contributed by atoms with Gasteiger partial charge in [0.15, 0.2) is 0 Å². The van der Waals surface area contributed by atoms with E-state index < -0.39 is 11.9 Å². The highest BCUT2D eigenvalue weighted by Crippen LogP contribution is 2.19. The number of nitrogen functional groups attached to an aromatic ring is 2. The Morgan fingerprint density at radius 3 is 1.95 bits per heavy atom. The van der Waals surface area contributed by atoms with Crippen LogP contribution in [0.5, 0.6) is 0 Å². The lowest BCUT2D eigenvalue weighted by molar-refractivity contribution is -0.256. The van der Waals surface area contributed by atoms with Crippen molar-refractivity contribution in [3.63, 3.8) is 0 Å². The minimum Gasteiger partial charge on any atom is -0.545 e. The molecule has 0 aliphatic rings. The van der Waals surface area contributed by atoms with Crippen molar-refractivity contribution in [2.24, 2.45) is 0 Å². The predicted octanol–water partition coefficient (Wildman–Crippen LogP) is -0.831. The highest BCUT2D eigenvalue weighted by Gasteiger charge is 2.06. The van der Waals surface area contributed by atoms with Crippen LogP contribution < -0.4 is 21.7 Å². The van der Waals surface area contributed by atoms with Crippen LogP contribution in [-0.2, 0) is 6.42 Å². The summed E-state index contributed by atoms with van der Waals surface area (Å²) in [6, 6.07) is 9.06. The Bertz CT molecular complexity index is 726. The normalized spacial score (nSPS) is 10.3. The largest absolute Gasteiger partial charge is 0.545 e. The van der Waals surface area contributed by atoms with E-state index in [1.54, 1.807) is 12.1 Å². The number of aromatic carboxylic acids is 2. The van der Waals surface area contributed by atoms with Gasteiger partial charge in [-0.3, -0.25) is 0 Å². The number of hydrogen-bond donors (Lipinski definition) is 2. The van der Waals surface area contributed by atoms with Gasteiger partial charge in [-0.05, 0) is 35.7 Å². The second-order valence-electron chi connectivity index (χ2n) is 4.59. The number of carboxylic acids is 2. The smallest absolute Gasteiger partial charge is 0.0736 e. The topological polar surface area (TPSA) is 132 Å². The highest BCUT2D eigenvalue weighted by molar-refractivity contribution is 5.93. The molecule has 0 unspecified atom stereocenters. The van der Waals surface area contributed by atoms with Gasteiger partial charge in [-0.2, -0.15) is 0 Å². The molecule has 0 saturated carbocycles. The average Bonchev–Trinajstić information content (AvgIpc) is 2.40. The molecule has 0 aliphatic carbocycles. The second kappa shape index (κ2) is 5.54. The van der Waals surface area contributed by atoms with E-state index in [1.807, 2.05) is 0 Å². The van der Waals surface area contributed by atoms with Gasteiger partial charge in [-0.25, -0.2) is 0 Å². The van der Waals surface area contributed by atoms with E-state index in [1.165, 1.54) is 24.3 Å². The molecule has 0 atom stereocenters. The van der Waals surface area contributed by atoms with Gasteiger partial charge < -0.3 is 31.3 Å². The van der Waals surface area contributed by atoms with Crippen molar-refractivity contribution >= 4 is 23.3 Å². The zero-order valence-corrected chi connectivity index (χ0v) is 11.0. The summed E-state index contributed by atoms with van der Waals surface area (Å²) in [7, 11) is 0. The van der Waals surface area contributed by atoms with Crippen molar-refractivity contribution < 1.29 is 19.8 Å². The summed E-state index contributed by atoms with van der Waals surface area (Å²) in [5.41, 5.74) is 12.7. The SMILES string of the molecule is Nc1cc(Cc2ccc(N)c(C(=O)[O-])c2)ccc1C(=O)[O-]. The van der Waals surface area contributed by atoms with Crippen LogP contribution in [0.1, 0.15) is 31.8 Å². The zero-order valence-electron chi connectivity index (χ0n) is 11.0. The summed E-state index contributed by atoms with van der Waals surface area (Å²) in [6.45, 7) is 0. The molecule has 2 aromatic rings. The minimum atomic E-state index is -1.35. The van der Waals surface area contributed by atoms with Crippen LogP contribution in [0.3, 0.4) is 0 Å². The first-order valence-corrected chi connectivity index (χ1v) is 6.08. The van der Waals surface area contributed by atoms with Gasteiger partial charge in [-0.1, -0.05) is 18.2 Å². The van der Waals surface area contributed by atoms with Gasteiger partial charge in [0.2, 0.25) is 0 Å². The van der Waals surface area contributed by atoms with Crippen LogP contribution in [0, 0.1) is 0 Å². The maximum Gasteiger partial charge on any atom is 0.0736 e. The summed E-state index contributed by atoms with van der Waals surface area (Å²) in [5.74, 6) is -2.69. The number of carboxylic acid groups (broad SMARTS) is 2. The molecule has 0 radical (unpaired) electrons. The molecule has 0 fully saturated rings. The predicted molar refractivity (Wildman–Crippen MR) is 73.2 cm³/mol. The molecule has 0 heterocycles. The molecule has 0 spiro atoms. The molecule has 2 rings (SSSR count). The number of benzene rings is 2. The monoisotopic (exact) mass is 284 g/mol. The summed E-state index contributed by atoms with van der Waals surface area (Å²) in [4.78, 5) is 21.7. The van der Waals surface area contributed by atoms with Crippen molar-refractivity contribution in [2.75, 3.05) is 11.5 Å². The highest BCUT2D eigenvalue weighted by atomic mass is 16.4. The Balaban J connectivity index is 2.30. The second-order valence-corrected chi connectivity index (χ2v) is 4.59. The van der Waals surface area contributed by atoms with Crippen molar-refractivity contribution in [1.29, 1.82) is 0 Å². The first kappa shape index (κ1) is 14.4. The molecule has 6 nitrogen and oxygen atoms in total. The minimum absolute atomic E-state index is 0.0770. The number of carbonyl (C=O) groups excluding carboxylic acids is 2. The number of rotatable bonds is 4. The third kappa shape index (κ3) is 3.11. The van der Waals surface area contributed by atoms with E-state index in [-0.39, 0.29) is 22.5 Å². The molecule has 0 bridgehead atoms. The Labute approximate surface area is 120 Å². The molecule has 0 saturated heterocycles. The Hall–Kier alpha value is -3.02. The van der Waals surface area contributed by atoms with Gasteiger partial charge in [-0.15, -0.1) is 0 Å². The molecule has 6 heteroatoms. The molecule has 108 valence electrons. The van der Waals surface area contributed by atoms with Crippen molar-refractivity contribution in [3.8, 4) is 0 Å². The Kier molecular flexibility index (Phi) is 3.80. The van der Waals surface area contributed by atoms with Gasteiger partial charge in [0.05, 0.1) is 11.9 Å². The van der Waals surface area contributed by atoms with Gasteiger partial charge in [0, 0.05) is 22.5 Å². The van der Waals surface area contributed by atoms with Gasteiger partial charge >= 0.3 is 0 Å². The summed E-state index contributed by atoms with van der Waals surface area (Å²) < 4.78 is 0. The number of carbonyl (C=O) groups is 2. The van der Waals surface area contributed by atoms with Crippen LogP contribution in [-0.4, -0.2) is 11.9 Å². The van der Waals surface area contributed by atoms with Crippen LogP contribution in [0.25, 0.3) is 0 Å². The Morgan fingerprint density at radius 2 is 1.38 bits per heavy atom. The van der Waals surface area contributed by atoms with Gasteiger partial charge in [0.25, 0.3) is 0 Å². The molecule has 4 N–H and O–H groups in total. The molecular formula is C15H12N2O4-2. The Morgan fingerprint density at radius 1 is 0.810 bits per heavy atom. The third-order valence-electron chi connectivity index (χ3n) is 3.08. The average molecular weight is 284 g/mol. The summed E-state index contributed by atoms with van der Waals surface area (Å²) >= 11 is 0. The van der Waals surface area contributed by atoms with Crippen molar-refractivity contribution in [3.05, 3.63) is 58.7 Å². The quantitative estimate of drug-likeness (QED) is 0.704. The van der Waals surface area contributed by atoms with Crippen LogP contribution in [0.4, 0.5) is 11.4 Å². The van der Waals surface area contributed by atoms with Crippen molar-refractivity contribution in [2.45, 2.75) is 6.42 Å². The molecule has 2 aromatic carbocycles. The molecule has 0 aliphatic heterocycles. The van der Waals surface area contributed by atoms with E-state index in [2.05, 4.69) is 0 Å². The number of hydrogen-bond acceptors (Lipinski definition) is 6. The van der Waals surface area contributed by atoms with Gasteiger partial charge in [0.1, 0.15) is 0 Å². The molecule has 0 amide bonds. The van der Waals surface area contributed by atoms with Crippen molar-refractivity contribution in [1.82, 2.24) is 0 Å². The number of anilines is 2. The summed E-state index contributed by atoms with van der Waals surface area (Å²) in [5, 5.41) is 21.7. The summed E-state index contributed by atoms with van der Waals surface area (Å²) in [6.07, 6.45) is 0.387. The van der Waals surface area contributed by atoms with Crippen LogP contribution in [0.15, 0.2) is 36.4 Å². The van der Waals surface area contributed by atoms with E-state index in [4.69, 9.17) is 11.5 Å². The molecular weight excluding hydrogens is 272 g/mol. The first-order valence-electron chi connectivity index (χ1n) is 6.08. The van der Waals surface area contributed by atoms with Crippen LogP contribution >= 0.6 is 0 Å². The lowest BCUT2D eigenvalue weighted by Gasteiger charge is -2.11. The molecule has 0 aromatic heterocycles. The third-order valence-corrected chi connectivity index (χ3v) is 3.08. The van der Waals surface area contributed by atoms with E-state index in [9.17, 15) is 19.8 Å². The standard InChI is InChI=1S/C15H14N2O4/c16-12-4-2-8(6-11(12)15(20)21)5-9-1-3-10(14(18)19)13(17)7-9/h1-4,6-7H,5,16-17H2,(H,18,19)(H,20,21)/p-2. The number of nitrogens with two attached hydrogens (primary N) is 2. The van der Waals surface area contributed by atoms with E-state index in [0.717, 1.165) is 5.56 Å². The van der Waals surface area contributed by atoms with Crippen LogP contribution in [0.2, 0.25) is 0 Å². The fourth-order valence-corrected chi connectivity index (χ4v) is 2.03. The maximum absolute atomic E-state index is 10.9. The lowest BCUT2D eigenvalue weighted by Crippen LogP contribution is -2.24. The van der Waals surface area contributed by atoms with E-state index >= 15 is 0 Å². The van der Waals surface area contributed by atoms with E-state index in [0.29, 0.717) is 12.0 Å². The fraction of sp³-hybridized carbons (Fsp3) is 0.0667.